The second kappa shape index (κ2) is 4.99. The molecule has 1 aliphatic heterocycles. The Bertz CT molecular complexity index is 443. The van der Waals surface area contributed by atoms with E-state index in [4.69, 9.17) is 22.1 Å². The lowest BCUT2D eigenvalue weighted by Gasteiger charge is -2.05. The molecule has 4 nitrogen and oxygen atoms in total. The van der Waals surface area contributed by atoms with Gasteiger partial charge < -0.3 is 10.5 Å². The Morgan fingerprint density at radius 1 is 1.50 bits per heavy atom. The van der Waals surface area contributed by atoms with Crippen LogP contribution in [0.3, 0.4) is 0 Å². The van der Waals surface area contributed by atoms with Gasteiger partial charge in [-0.1, -0.05) is 12.1 Å². The average molecular weight is 238 g/mol. The number of halogens is 1. The molecule has 0 saturated carbocycles. The molecule has 5 heteroatoms. The largest absolute Gasteiger partial charge is 0.475 e. The summed E-state index contributed by atoms with van der Waals surface area (Å²) in [5.41, 5.74) is 7.20. The highest BCUT2D eigenvalue weighted by Gasteiger charge is 2.13. The van der Waals surface area contributed by atoms with Gasteiger partial charge in [-0.25, -0.2) is 9.98 Å². The smallest absolute Gasteiger partial charge is 0.218 e. The minimum Gasteiger partial charge on any atom is -0.475 e. The van der Waals surface area contributed by atoms with Gasteiger partial charge in [-0.2, -0.15) is 0 Å². The van der Waals surface area contributed by atoms with E-state index in [0.29, 0.717) is 24.9 Å². The number of benzene rings is 1. The number of hydrogen-bond acceptors (Lipinski definition) is 3. The first-order valence-corrected chi connectivity index (χ1v) is 5.50. The third-order valence-electron chi connectivity index (χ3n) is 2.12. The molecule has 1 aliphatic rings. The quantitative estimate of drug-likeness (QED) is 0.494. The van der Waals surface area contributed by atoms with Gasteiger partial charge in [0.1, 0.15) is 12.4 Å². The Morgan fingerprint density at radius 2 is 2.31 bits per heavy atom. The molecular formula is C11H12ClN3O. The van der Waals surface area contributed by atoms with Crippen molar-refractivity contribution in [3.8, 4) is 0 Å². The van der Waals surface area contributed by atoms with Crippen molar-refractivity contribution >= 4 is 29.0 Å². The van der Waals surface area contributed by atoms with Crippen molar-refractivity contribution in [1.29, 1.82) is 0 Å². The lowest BCUT2D eigenvalue weighted by Crippen LogP contribution is -2.13. The van der Waals surface area contributed by atoms with Crippen LogP contribution in [0.25, 0.3) is 0 Å². The summed E-state index contributed by atoms with van der Waals surface area (Å²) < 4.78 is 5.40. The van der Waals surface area contributed by atoms with E-state index in [2.05, 4.69) is 9.98 Å². The van der Waals surface area contributed by atoms with Crippen LogP contribution in [0.15, 0.2) is 34.3 Å². The molecule has 0 aliphatic carbocycles. The van der Waals surface area contributed by atoms with Crippen molar-refractivity contribution in [3.05, 3.63) is 29.8 Å². The Hall–Kier alpha value is -1.55. The van der Waals surface area contributed by atoms with Crippen molar-refractivity contribution in [1.82, 2.24) is 0 Å². The van der Waals surface area contributed by atoms with Gasteiger partial charge in [0.2, 0.25) is 5.90 Å². The highest BCUT2D eigenvalue weighted by molar-refractivity contribution is 6.28. The number of aliphatic imine (C=N–C) groups is 2. The number of alkyl halides is 1. The topological polar surface area (TPSA) is 60.0 Å². The van der Waals surface area contributed by atoms with E-state index < -0.39 is 0 Å². The molecule has 1 aromatic carbocycles. The van der Waals surface area contributed by atoms with Crippen molar-refractivity contribution in [3.63, 3.8) is 0 Å². The maximum Gasteiger partial charge on any atom is 0.218 e. The molecule has 0 fully saturated rings. The normalized spacial score (nSPS) is 15.8. The molecule has 0 atom stereocenters. The van der Waals surface area contributed by atoms with Gasteiger partial charge in [0.05, 0.1) is 23.7 Å². The van der Waals surface area contributed by atoms with Gasteiger partial charge >= 0.3 is 0 Å². The minimum absolute atomic E-state index is 0.210. The van der Waals surface area contributed by atoms with Gasteiger partial charge in [0.15, 0.2) is 0 Å². The Kier molecular flexibility index (Phi) is 3.41. The fraction of sp³-hybridized carbons (Fsp3) is 0.273. The summed E-state index contributed by atoms with van der Waals surface area (Å²) in [6.45, 7) is 1.32. The van der Waals surface area contributed by atoms with Crippen LogP contribution in [0.4, 0.5) is 5.69 Å². The zero-order chi connectivity index (χ0) is 11.4. The molecule has 0 aromatic heterocycles. The lowest BCUT2D eigenvalue weighted by molar-refractivity contribution is 0.348. The lowest BCUT2D eigenvalue weighted by atomic mass is 10.2. The van der Waals surface area contributed by atoms with Crippen LogP contribution in [0.5, 0.6) is 0 Å². The number of para-hydroxylation sites is 1. The van der Waals surface area contributed by atoms with Crippen LogP contribution in [0, 0.1) is 0 Å². The zero-order valence-electron chi connectivity index (χ0n) is 8.69. The van der Waals surface area contributed by atoms with E-state index in [-0.39, 0.29) is 5.88 Å². The monoisotopic (exact) mass is 237 g/mol. The molecule has 0 saturated heterocycles. The summed E-state index contributed by atoms with van der Waals surface area (Å²) in [5.74, 6) is 1.22. The summed E-state index contributed by atoms with van der Waals surface area (Å²) in [4.78, 5) is 8.47. The Labute approximate surface area is 98.8 Å². The summed E-state index contributed by atoms with van der Waals surface area (Å²) in [6.07, 6.45) is 0. The molecule has 0 bridgehead atoms. The number of amidine groups is 1. The molecule has 2 N–H and O–H groups in total. The standard InChI is InChI=1S/C11H12ClN3O/c12-7-10(13)15-9-4-2-1-3-8(9)11-14-5-6-16-11/h1-4H,5-7H2,(H2,13,15). The molecule has 1 aromatic rings. The highest BCUT2D eigenvalue weighted by atomic mass is 35.5. The first-order chi connectivity index (χ1) is 7.81. The third-order valence-corrected chi connectivity index (χ3v) is 2.39. The molecule has 84 valence electrons. The molecule has 0 amide bonds. The predicted octanol–water partition coefficient (Wildman–Crippen LogP) is 1.69. The van der Waals surface area contributed by atoms with Crippen LogP contribution < -0.4 is 5.73 Å². The molecule has 0 spiro atoms. The molecule has 0 radical (unpaired) electrons. The van der Waals surface area contributed by atoms with Crippen LogP contribution in [-0.2, 0) is 4.74 Å². The van der Waals surface area contributed by atoms with Gasteiger partial charge in [-0.05, 0) is 12.1 Å². The van der Waals surface area contributed by atoms with Crippen molar-refractivity contribution in [2.75, 3.05) is 19.0 Å². The van der Waals surface area contributed by atoms with Crippen LogP contribution in [-0.4, -0.2) is 30.8 Å². The van der Waals surface area contributed by atoms with E-state index in [1.54, 1.807) is 0 Å². The summed E-state index contributed by atoms with van der Waals surface area (Å²) >= 11 is 5.60. The first kappa shape index (κ1) is 11.0. The number of nitrogens with two attached hydrogens (primary N) is 1. The van der Waals surface area contributed by atoms with Crippen molar-refractivity contribution in [2.24, 2.45) is 15.7 Å². The van der Waals surface area contributed by atoms with Gasteiger partial charge in [-0.15, -0.1) is 11.6 Å². The Morgan fingerprint density at radius 3 is 3.00 bits per heavy atom. The molecule has 16 heavy (non-hydrogen) atoms. The summed E-state index contributed by atoms with van der Waals surface area (Å²) in [5, 5.41) is 0. The molecular weight excluding hydrogens is 226 g/mol. The summed E-state index contributed by atoms with van der Waals surface area (Å²) in [6, 6.07) is 7.57. The highest BCUT2D eigenvalue weighted by Crippen LogP contribution is 2.21. The van der Waals surface area contributed by atoms with E-state index >= 15 is 0 Å². The minimum atomic E-state index is 0.210. The molecule has 2 rings (SSSR count). The van der Waals surface area contributed by atoms with Crippen molar-refractivity contribution < 1.29 is 4.74 Å². The average Bonchev–Trinajstić information content (AvgIpc) is 2.83. The number of nitrogens with zero attached hydrogens (tertiary/aromatic N) is 2. The van der Waals surface area contributed by atoms with Gasteiger partial charge in [0, 0.05) is 0 Å². The van der Waals surface area contributed by atoms with Gasteiger partial charge in [-0.3, -0.25) is 0 Å². The van der Waals surface area contributed by atoms with E-state index in [0.717, 1.165) is 11.3 Å². The third kappa shape index (κ3) is 2.33. The van der Waals surface area contributed by atoms with Gasteiger partial charge in [0.25, 0.3) is 0 Å². The zero-order valence-corrected chi connectivity index (χ0v) is 9.44. The fourth-order valence-electron chi connectivity index (χ4n) is 1.43. The van der Waals surface area contributed by atoms with Crippen LogP contribution in [0.2, 0.25) is 0 Å². The van der Waals surface area contributed by atoms with E-state index in [1.807, 2.05) is 24.3 Å². The maximum absolute atomic E-state index is 5.61. The van der Waals surface area contributed by atoms with Crippen molar-refractivity contribution in [2.45, 2.75) is 0 Å². The number of rotatable bonds is 3. The number of hydrogen-bond donors (Lipinski definition) is 1. The van der Waals surface area contributed by atoms with Crippen LogP contribution >= 0.6 is 11.6 Å². The fourth-order valence-corrected chi connectivity index (χ4v) is 1.49. The number of ether oxygens (including phenoxy) is 1. The first-order valence-electron chi connectivity index (χ1n) is 4.97. The second-order valence-corrected chi connectivity index (χ2v) is 3.56. The molecule has 1 heterocycles. The summed E-state index contributed by atoms with van der Waals surface area (Å²) in [7, 11) is 0. The molecule has 0 unspecified atom stereocenters. The van der Waals surface area contributed by atoms with E-state index in [1.165, 1.54) is 0 Å². The van der Waals surface area contributed by atoms with Crippen LogP contribution in [0.1, 0.15) is 5.56 Å². The van der Waals surface area contributed by atoms with E-state index in [9.17, 15) is 0 Å². The predicted molar refractivity (Wildman–Crippen MR) is 65.8 cm³/mol. The SMILES string of the molecule is NC(CCl)=Nc1ccccc1C1=NCCO1. The Balaban J connectivity index is 2.38. The second-order valence-electron chi connectivity index (χ2n) is 3.29. The maximum atomic E-state index is 5.61.